The van der Waals surface area contributed by atoms with Gasteiger partial charge in [-0.15, -0.1) is 0 Å². The van der Waals surface area contributed by atoms with Crippen LogP contribution in [0.1, 0.15) is 5.56 Å². The molecule has 0 atom stereocenters. The predicted octanol–water partition coefficient (Wildman–Crippen LogP) is 5.74. The van der Waals surface area contributed by atoms with Crippen LogP contribution in [0.2, 0.25) is 0 Å². The molecular weight excluding hydrogens is 554 g/mol. The normalized spacial score (nSPS) is 10.8. The Bertz CT molecular complexity index is 1230. The molecule has 166 valence electrons. The van der Waals surface area contributed by atoms with Crippen LogP contribution in [-0.4, -0.2) is 31.4 Å². The number of benzene rings is 3. The highest BCUT2D eigenvalue weighted by Crippen LogP contribution is 2.40. The van der Waals surface area contributed by atoms with Crippen molar-refractivity contribution in [2.75, 3.05) is 16.1 Å². The molecule has 1 aromatic heterocycles. The topological polar surface area (TPSA) is 128 Å². The first-order chi connectivity index (χ1) is 16.0. The molecule has 0 saturated heterocycles. The number of aromatic hydroxyl groups is 2. The number of hydrogen-bond acceptors (Lipinski definition) is 9. The van der Waals surface area contributed by atoms with Crippen molar-refractivity contribution in [2.45, 2.75) is 0 Å². The van der Waals surface area contributed by atoms with Gasteiger partial charge in [0.1, 0.15) is 16.0 Å². The number of nitrogens with one attached hydrogen (secondary N) is 3. The minimum absolute atomic E-state index is 0.108. The number of nitrogens with zero attached hydrogens (tertiary/aromatic N) is 4. The van der Waals surface area contributed by atoms with Crippen molar-refractivity contribution >= 4 is 67.3 Å². The zero-order chi connectivity index (χ0) is 23.2. The number of phenols is 2. The van der Waals surface area contributed by atoms with Gasteiger partial charge >= 0.3 is 0 Å². The Morgan fingerprint density at radius 3 is 1.79 bits per heavy atom. The number of halogens is 2. The van der Waals surface area contributed by atoms with Crippen LogP contribution < -0.4 is 16.1 Å². The Balaban J connectivity index is 1.60. The van der Waals surface area contributed by atoms with E-state index in [1.807, 2.05) is 60.7 Å². The van der Waals surface area contributed by atoms with Crippen LogP contribution in [0, 0.1) is 0 Å². The molecule has 5 N–H and O–H groups in total. The van der Waals surface area contributed by atoms with Gasteiger partial charge in [-0.25, -0.2) is 5.43 Å². The van der Waals surface area contributed by atoms with Crippen molar-refractivity contribution in [1.82, 2.24) is 15.0 Å². The molecule has 9 nitrogen and oxygen atoms in total. The first kappa shape index (κ1) is 22.5. The van der Waals surface area contributed by atoms with Gasteiger partial charge in [-0.1, -0.05) is 36.4 Å². The van der Waals surface area contributed by atoms with Gasteiger partial charge < -0.3 is 20.8 Å². The lowest BCUT2D eigenvalue weighted by atomic mass is 10.2. The molecule has 11 heteroatoms. The van der Waals surface area contributed by atoms with E-state index in [0.29, 0.717) is 21.9 Å². The van der Waals surface area contributed by atoms with Crippen LogP contribution in [0.25, 0.3) is 0 Å². The summed E-state index contributed by atoms with van der Waals surface area (Å²) in [7, 11) is 0. The lowest BCUT2D eigenvalue weighted by Gasteiger charge is -2.10. The van der Waals surface area contributed by atoms with Crippen LogP contribution in [0.4, 0.5) is 29.2 Å². The van der Waals surface area contributed by atoms with Gasteiger partial charge in [0.2, 0.25) is 17.8 Å². The molecular formula is C22H17Br2N7O2. The van der Waals surface area contributed by atoms with Crippen molar-refractivity contribution in [3.05, 3.63) is 81.2 Å². The van der Waals surface area contributed by atoms with Gasteiger partial charge in [-0.05, 0) is 62.2 Å². The first-order valence-electron chi connectivity index (χ1n) is 9.59. The van der Waals surface area contributed by atoms with Gasteiger partial charge in [0.15, 0.2) is 0 Å². The van der Waals surface area contributed by atoms with Crippen molar-refractivity contribution in [3.63, 3.8) is 0 Å². The molecule has 3 aromatic carbocycles. The van der Waals surface area contributed by atoms with Gasteiger partial charge in [-0.2, -0.15) is 20.1 Å². The Labute approximate surface area is 205 Å². The molecule has 0 aliphatic heterocycles. The molecule has 1 heterocycles. The molecule has 0 fully saturated rings. The van der Waals surface area contributed by atoms with E-state index < -0.39 is 0 Å². The van der Waals surface area contributed by atoms with Crippen LogP contribution >= 0.6 is 31.9 Å². The Morgan fingerprint density at radius 2 is 1.24 bits per heavy atom. The quantitative estimate of drug-likeness (QED) is 0.140. The van der Waals surface area contributed by atoms with Crippen molar-refractivity contribution in [1.29, 1.82) is 0 Å². The third kappa shape index (κ3) is 5.76. The maximum atomic E-state index is 10.2. The zero-order valence-electron chi connectivity index (χ0n) is 16.9. The third-order valence-electron chi connectivity index (χ3n) is 4.26. The lowest BCUT2D eigenvalue weighted by molar-refractivity contribution is 0.442. The second kappa shape index (κ2) is 10.3. The number of para-hydroxylation sites is 2. The zero-order valence-corrected chi connectivity index (χ0v) is 20.0. The minimum Gasteiger partial charge on any atom is -0.506 e. The molecule has 4 rings (SSSR count). The largest absolute Gasteiger partial charge is 0.506 e. The van der Waals surface area contributed by atoms with E-state index in [9.17, 15) is 10.2 Å². The van der Waals surface area contributed by atoms with Gasteiger partial charge in [0.25, 0.3) is 0 Å². The second-order valence-corrected chi connectivity index (χ2v) is 8.26. The molecule has 4 aromatic rings. The maximum absolute atomic E-state index is 10.2. The van der Waals surface area contributed by atoms with Crippen molar-refractivity contribution in [2.24, 2.45) is 5.10 Å². The fourth-order valence-corrected chi connectivity index (χ4v) is 3.87. The van der Waals surface area contributed by atoms with Gasteiger partial charge in [0, 0.05) is 16.9 Å². The minimum atomic E-state index is -0.158. The fraction of sp³-hybridized carbons (Fsp3) is 0. The van der Waals surface area contributed by atoms with Gasteiger partial charge in [-0.3, -0.25) is 0 Å². The van der Waals surface area contributed by atoms with E-state index in [1.54, 1.807) is 0 Å². The van der Waals surface area contributed by atoms with E-state index in [0.717, 1.165) is 11.4 Å². The van der Waals surface area contributed by atoms with E-state index in [1.165, 1.54) is 12.3 Å². The second-order valence-electron chi connectivity index (χ2n) is 6.62. The summed E-state index contributed by atoms with van der Waals surface area (Å²) in [6.07, 6.45) is 1.38. The molecule has 33 heavy (non-hydrogen) atoms. The lowest BCUT2D eigenvalue weighted by Crippen LogP contribution is -2.07. The fourth-order valence-electron chi connectivity index (χ4n) is 2.71. The number of rotatable bonds is 7. The molecule has 0 aliphatic rings. The van der Waals surface area contributed by atoms with Gasteiger partial charge in [0.05, 0.1) is 10.7 Å². The van der Waals surface area contributed by atoms with E-state index >= 15 is 0 Å². The highest BCUT2D eigenvalue weighted by Gasteiger charge is 2.13. The summed E-state index contributed by atoms with van der Waals surface area (Å²) in [5.74, 6) is 0.531. The van der Waals surface area contributed by atoms with Crippen molar-refractivity contribution in [3.8, 4) is 11.5 Å². The smallest absolute Gasteiger partial charge is 0.250 e. The Morgan fingerprint density at radius 1 is 0.727 bits per heavy atom. The monoisotopic (exact) mass is 569 g/mol. The summed E-state index contributed by atoms with van der Waals surface area (Å²) in [6, 6.07) is 20.5. The number of aromatic nitrogens is 3. The Kier molecular flexibility index (Phi) is 7.01. The van der Waals surface area contributed by atoms with Crippen LogP contribution in [0.3, 0.4) is 0 Å². The molecule has 0 unspecified atom stereocenters. The maximum Gasteiger partial charge on any atom is 0.250 e. The average molecular weight is 571 g/mol. The SMILES string of the molecule is Oc1c(Br)cc(/C=N\Nc2nc(Nc3ccccc3)nc(Nc3ccccc3)n2)c(O)c1Br. The van der Waals surface area contributed by atoms with Crippen LogP contribution in [0.5, 0.6) is 11.5 Å². The summed E-state index contributed by atoms with van der Waals surface area (Å²) in [5.41, 5.74) is 4.73. The number of hydrogen-bond donors (Lipinski definition) is 5. The average Bonchev–Trinajstić information content (AvgIpc) is 2.82. The van der Waals surface area contributed by atoms with Crippen LogP contribution in [0.15, 0.2) is 80.8 Å². The Hall–Kier alpha value is -3.70. The molecule has 0 amide bonds. The molecule has 0 saturated carbocycles. The number of phenolic OH excluding ortho intramolecular Hbond substituents is 2. The summed E-state index contributed by atoms with van der Waals surface area (Å²) >= 11 is 6.37. The standard InChI is InChI=1S/C22H17Br2N7O2/c23-16-11-13(18(32)17(24)19(16)33)12-25-31-22-29-20(26-14-7-3-1-4-8-14)28-21(30-22)27-15-9-5-2-6-10-15/h1-12,32-33H,(H3,26,27,28,29,30,31)/b25-12-. The highest BCUT2D eigenvalue weighted by atomic mass is 79.9. The first-order valence-corrected chi connectivity index (χ1v) is 11.2. The third-order valence-corrected chi connectivity index (χ3v) is 5.62. The number of hydrazone groups is 1. The summed E-state index contributed by atoms with van der Waals surface area (Å²) in [4.78, 5) is 13.1. The van der Waals surface area contributed by atoms with E-state index in [4.69, 9.17) is 0 Å². The summed E-state index contributed by atoms with van der Waals surface area (Å²) < 4.78 is 0.555. The molecule has 0 bridgehead atoms. The molecule has 0 spiro atoms. The van der Waals surface area contributed by atoms with Crippen LogP contribution in [-0.2, 0) is 0 Å². The van der Waals surface area contributed by atoms with E-state index in [2.05, 4.69) is 68.0 Å². The molecule has 0 radical (unpaired) electrons. The highest BCUT2D eigenvalue weighted by molar-refractivity contribution is 9.11. The van der Waals surface area contributed by atoms with E-state index in [-0.39, 0.29) is 21.9 Å². The molecule has 0 aliphatic carbocycles. The summed E-state index contributed by atoms with van der Waals surface area (Å²) in [6.45, 7) is 0. The predicted molar refractivity (Wildman–Crippen MR) is 136 cm³/mol. The number of anilines is 5. The van der Waals surface area contributed by atoms with Crippen molar-refractivity contribution < 1.29 is 10.2 Å². The summed E-state index contributed by atoms with van der Waals surface area (Å²) in [5, 5.41) is 30.5.